The van der Waals surface area contributed by atoms with Gasteiger partial charge in [-0.2, -0.15) is 0 Å². The van der Waals surface area contributed by atoms with Gasteiger partial charge in [0, 0.05) is 25.7 Å². The first-order valence-corrected chi connectivity index (χ1v) is 11.0. The van der Waals surface area contributed by atoms with Crippen LogP contribution in [-0.4, -0.2) is 38.7 Å². The molecule has 0 atom stereocenters. The molecule has 0 aliphatic heterocycles. The van der Waals surface area contributed by atoms with E-state index in [-0.39, 0.29) is 6.61 Å². The number of aryl methyl sites for hydroxylation is 1. The highest BCUT2D eigenvalue weighted by Gasteiger charge is 2.07. The van der Waals surface area contributed by atoms with E-state index in [0.29, 0.717) is 24.8 Å². The lowest BCUT2D eigenvalue weighted by molar-refractivity contribution is -0.119. The van der Waals surface area contributed by atoms with Crippen LogP contribution in [0, 0.1) is 12.8 Å². The van der Waals surface area contributed by atoms with Crippen LogP contribution in [0.25, 0.3) is 0 Å². The topological polar surface area (TPSA) is 98.0 Å². The van der Waals surface area contributed by atoms with Gasteiger partial charge < -0.3 is 25.8 Å². The summed E-state index contributed by atoms with van der Waals surface area (Å²) in [4.78, 5) is 15.1. The van der Waals surface area contributed by atoms with Gasteiger partial charge in [0.2, 0.25) is 0 Å². The number of hydrogen-bond acceptors (Lipinski definition) is 4. The second-order valence-corrected chi connectivity index (χ2v) is 8.14. The fourth-order valence-electron chi connectivity index (χ4n) is 2.98. The minimum atomic E-state index is -0.489. The summed E-state index contributed by atoms with van der Waals surface area (Å²) < 4.78 is 11.3. The van der Waals surface area contributed by atoms with E-state index >= 15 is 0 Å². The van der Waals surface area contributed by atoms with Gasteiger partial charge in [0.05, 0.1) is 6.61 Å². The molecule has 7 heteroatoms. The molecule has 0 aliphatic carbocycles. The first kappa shape index (κ1) is 25.0. The fourth-order valence-corrected chi connectivity index (χ4v) is 2.98. The van der Waals surface area contributed by atoms with Crippen molar-refractivity contribution < 1.29 is 14.3 Å². The standard InChI is InChI=1S/C25H36N4O3/c1-18(2)12-14-31-23-15-19(3)5-8-21(23)16-29-25(27-4)28-13-11-20-6-9-22(10-7-20)32-17-24(26)30/h5-10,15,18H,11-14,16-17H2,1-4H3,(H2,26,30)(H2,27,28,29). The van der Waals surface area contributed by atoms with Gasteiger partial charge in [-0.1, -0.05) is 38.1 Å². The van der Waals surface area contributed by atoms with E-state index in [1.54, 1.807) is 7.05 Å². The number of primary amides is 1. The average molecular weight is 441 g/mol. The molecule has 32 heavy (non-hydrogen) atoms. The number of carbonyl (C=O) groups is 1. The van der Waals surface area contributed by atoms with Crippen LogP contribution in [0.3, 0.4) is 0 Å². The summed E-state index contributed by atoms with van der Waals surface area (Å²) in [6, 6.07) is 13.9. The third-order valence-corrected chi connectivity index (χ3v) is 4.86. The molecule has 2 rings (SSSR count). The lowest BCUT2D eigenvalue weighted by atomic mass is 10.1. The van der Waals surface area contributed by atoms with Crippen LogP contribution in [-0.2, 0) is 17.8 Å². The van der Waals surface area contributed by atoms with Gasteiger partial charge in [-0.15, -0.1) is 0 Å². The van der Waals surface area contributed by atoms with Crippen LogP contribution in [0.5, 0.6) is 11.5 Å². The number of guanidine groups is 1. The van der Waals surface area contributed by atoms with Gasteiger partial charge in [-0.25, -0.2) is 0 Å². The van der Waals surface area contributed by atoms with E-state index in [0.717, 1.165) is 42.2 Å². The van der Waals surface area contributed by atoms with Crippen molar-refractivity contribution in [2.24, 2.45) is 16.6 Å². The number of ether oxygens (including phenoxy) is 2. The van der Waals surface area contributed by atoms with Crippen molar-refractivity contribution in [3.05, 3.63) is 59.2 Å². The molecule has 0 saturated carbocycles. The largest absolute Gasteiger partial charge is 0.493 e. The Labute approximate surface area is 191 Å². The minimum Gasteiger partial charge on any atom is -0.493 e. The van der Waals surface area contributed by atoms with Crippen molar-refractivity contribution in [1.82, 2.24) is 10.6 Å². The number of benzene rings is 2. The molecule has 2 aromatic rings. The van der Waals surface area contributed by atoms with E-state index in [9.17, 15) is 4.79 Å². The summed E-state index contributed by atoms with van der Waals surface area (Å²) in [6.07, 6.45) is 1.85. The third-order valence-electron chi connectivity index (χ3n) is 4.86. The quantitative estimate of drug-likeness (QED) is 0.348. The molecule has 2 aromatic carbocycles. The summed E-state index contributed by atoms with van der Waals surface area (Å²) in [5.74, 6) is 2.41. The predicted molar refractivity (Wildman–Crippen MR) is 129 cm³/mol. The molecule has 0 fully saturated rings. The molecule has 0 heterocycles. The second-order valence-electron chi connectivity index (χ2n) is 8.14. The Kier molecular flexibility index (Phi) is 10.4. The zero-order chi connectivity index (χ0) is 23.3. The molecule has 0 bridgehead atoms. The summed E-state index contributed by atoms with van der Waals surface area (Å²) in [5.41, 5.74) is 8.53. The van der Waals surface area contributed by atoms with Crippen molar-refractivity contribution in [2.45, 2.75) is 40.2 Å². The number of amides is 1. The van der Waals surface area contributed by atoms with Crippen LogP contribution < -0.4 is 25.8 Å². The molecule has 0 saturated heterocycles. The van der Waals surface area contributed by atoms with Gasteiger partial charge in [-0.05, 0) is 55.0 Å². The first-order chi connectivity index (χ1) is 15.4. The number of carbonyl (C=O) groups excluding carboxylic acids is 1. The summed E-state index contributed by atoms with van der Waals surface area (Å²) in [6.45, 7) is 8.43. The van der Waals surface area contributed by atoms with E-state index in [4.69, 9.17) is 15.2 Å². The van der Waals surface area contributed by atoms with E-state index < -0.39 is 5.91 Å². The van der Waals surface area contributed by atoms with Crippen LogP contribution in [0.4, 0.5) is 0 Å². The average Bonchev–Trinajstić information content (AvgIpc) is 2.76. The Morgan fingerprint density at radius 1 is 1.09 bits per heavy atom. The molecule has 0 spiro atoms. The van der Waals surface area contributed by atoms with Gasteiger partial charge in [0.1, 0.15) is 11.5 Å². The van der Waals surface area contributed by atoms with Gasteiger partial charge in [0.25, 0.3) is 5.91 Å². The number of nitrogens with zero attached hydrogens (tertiary/aromatic N) is 1. The number of hydrogen-bond donors (Lipinski definition) is 3. The molecule has 0 radical (unpaired) electrons. The maximum atomic E-state index is 10.8. The Hall–Kier alpha value is -3.22. The highest BCUT2D eigenvalue weighted by molar-refractivity contribution is 5.79. The first-order valence-electron chi connectivity index (χ1n) is 11.0. The Bertz CT molecular complexity index is 879. The molecule has 0 aromatic heterocycles. The SMILES string of the molecule is CN=C(NCCc1ccc(OCC(N)=O)cc1)NCc1ccc(C)cc1OCCC(C)C. The number of nitrogens with one attached hydrogen (secondary N) is 2. The zero-order valence-electron chi connectivity index (χ0n) is 19.6. The molecular formula is C25H36N4O3. The second kappa shape index (κ2) is 13.2. The van der Waals surface area contributed by atoms with Gasteiger partial charge >= 0.3 is 0 Å². The van der Waals surface area contributed by atoms with Gasteiger partial charge in [-0.3, -0.25) is 9.79 Å². The molecule has 174 valence electrons. The summed E-state index contributed by atoms with van der Waals surface area (Å²) >= 11 is 0. The molecule has 0 unspecified atom stereocenters. The lowest BCUT2D eigenvalue weighted by Gasteiger charge is -2.16. The van der Waals surface area contributed by atoms with E-state index in [1.165, 1.54) is 5.56 Å². The van der Waals surface area contributed by atoms with E-state index in [2.05, 4.69) is 54.6 Å². The van der Waals surface area contributed by atoms with E-state index in [1.807, 2.05) is 24.3 Å². The molecule has 4 N–H and O–H groups in total. The molecule has 0 aliphatic rings. The lowest BCUT2D eigenvalue weighted by Crippen LogP contribution is -2.37. The third kappa shape index (κ3) is 9.29. The highest BCUT2D eigenvalue weighted by atomic mass is 16.5. The Balaban J connectivity index is 1.81. The van der Waals surface area contributed by atoms with Crippen molar-refractivity contribution in [1.29, 1.82) is 0 Å². The minimum absolute atomic E-state index is 0.117. The number of aliphatic imine (C=N–C) groups is 1. The van der Waals surface area contributed by atoms with Gasteiger partial charge in [0.15, 0.2) is 12.6 Å². The van der Waals surface area contributed by atoms with Crippen LogP contribution in [0.15, 0.2) is 47.5 Å². The monoisotopic (exact) mass is 440 g/mol. The molecule has 7 nitrogen and oxygen atoms in total. The molecular weight excluding hydrogens is 404 g/mol. The normalized spacial score (nSPS) is 11.3. The summed E-state index contributed by atoms with van der Waals surface area (Å²) in [5, 5.41) is 6.70. The fraction of sp³-hybridized carbons (Fsp3) is 0.440. The Morgan fingerprint density at radius 2 is 1.84 bits per heavy atom. The van der Waals surface area contributed by atoms with Crippen molar-refractivity contribution in [3.63, 3.8) is 0 Å². The number of nitrogens with two attached hydrogens (primary N) is 1. The zero-order valence-corrected chi connectivity index (χ0v) is 19.6. The van der Waals surface area contributed by atoms with Crippen LogP contribution in [0.2, 0.25) is 0 Å². The smallest absolute Gasteiger partial charge is 0.255 e. The van der Waals surface area contributed by atoms with Crippen molar-refractivity contribution >= 4 is 11.9 Å². The predicted octanol–water partition coefficient (Wildman–Crippen LogP) is 3.19. The maximum absolute atomic E-state index is 10.8. The summed E-state index contributed by atoms with van der Waals surface area (Å²) in [7, 11) is 1.76. The highest BCUT2D eigenvalue weighted by Crippen LogP contribution is 2.21. The maximum Gasteiger partial charge on any atom is 0.255 e. The van der Waals surface area contributed by atoms with Crippen molar-refractivity contribution in [2.75, 3.05) is 26.8 Å². The van der Waals surface area contributed by atoms with Crippen LogP contribution >= 0.6 is 0 Å². The number of rotatable bonds is 12. The Morgan fingerprint density at radius 3 is 2.50 bits per heavy atom. The van der Waals surface area contributed by atoms with Crippen LogP contribution in [0.1, 0.15) is 37.0 Å². The van der Waals surface area contributed by atoms with Crippen molar-refractivity contribution in [3.8, 4) is 11.5 Å². The molecule has 1 amide bonds.